The molecule has 0 saturated carbocycles. The van der Waals surface area contributed by atoms with Gasteiger partial charge in [-0.2, -0.15) is 0 Å². The summed E-state index contributed by atoms with van der Waals surface area (Å²) in [7, 11) is 4.18. The second-order valence-corrected chi connectivity index (χ2v) is 5.33. The first-order valence-electron chi connectivity index (χ1n) is 7.16. The standard InChI is InChI=1S/C16H28N2O/c1-6-17-14(3)15-9-8-13(2)12-16(15)19-11-7-10-18(4)5/h8-9,12,14,17H,6-7,10-11H2,1-5H3. The smallest absolute Gasteiger partial charge is 0.124 e. The van der Waals surface area contributed by atoms with Crippen LogP contribution in [-0.2, 0) is 0 Å². The normalized spacial score (nSPS) is 12.7. The zero-order valence-electron chi connectivity index (χ0n) is 13.0. The first-order valence-corrected chi connectivity index (χ1v) is 7.16. The molecule has 1 aromatic carbocycles. The summed E-state index contributed by atoms with van der Waals surface area (Å²) < 4.78 is 5.97. The van der Waals surface area contributed by atoms with Gasteiger partial charge in [-0.05, 0) is 52.5 Å². The quantitative estimate of drug-likeness (QED) is 0.731. The fourth-order valence-corrected chi connectivity index (χ4v) is 2.10. The van der Waals surface area contributed by atoms with Crippen LogP contribution in [0.1, 0.15) is 37.4 Å². The highest BCUT2D eigenvalue weighted by Crippen LogP contribution is 2.26. The minimum atomic E-state index is 0.328. The molecule has 0 fully saturated rings. The minimum Gasteiger partial charge on any atom is -0.493 e. The van der Waals surface area contributed by atoms with Crippen molar-refractivity contribution in [3.8, 4) is 5.75 Å². The van der Waals surface area contributed by atoms with Gasteiger partial charge in [0.1, 0.15) is 5.75 Å². The molecule has 1 N–H and O–H groups in total. The number of nitrogens with zero attached hydrogens (tertiary/aromatic N) is 1. The van der Waals surface area contributed by atoms with Gasteiger partial charge in [-0.1, -0.05) is 19.1 Å². The van der Waals surface area contributed by atoms with Gasteiger partial charge in [0.25, 0.3) is 0 Å². The van der Waals surface area contributed by atoms with Crippen molar-refractivity contribution < 1.29 is 4.74 Å². The Bertz CT molecular complexity index is 377. The SMILES string of the molecule is CCNC(C)c1ccc(C)cc1OCCCN(C)C. The summed E-state index contributed by atoms with van der Waals surface area (Å²) in [6.07, 6.45) is 1.05. The second kappa shape index (κ2) is 8.18. The molecule has 0 aliphatic carbocycles. The van der Waals surface area contributed by atoms with E-state index >= 15 is 0 Å². The van der Waals surface area contributed by atoms with E-state index in [4.69, 9.17) is 4.74 Å². The number of hydrogen-bond acceptors (Lipinski definition) is 3. The number of benzene rings is 1. The van der Waals surface area contributed by atoms with E-state index in [1.807, 2.05) is 0 Å². The Morgan fingerprint density at radius 3 is 2.68 bits per heavy atom. The van der Waals surface area contributed by atoms with Crippen molar-refractivity contribution in [2.75, 3.05) is 33.8 Å². The van der Waals surface area contributed by atoms with Gasteiger partial charge in [-0.15, -0.1) is 0 Å². The average Bonchev–Trinajstić information content (AvgIpc) is 2.34. The van der Waals surface area contributed by atoms with E-state index in [-0.39, 0.29) is 0 Å². The van der Waals surface area contributed by atoms with Gasteiger partial charge in [0.2, 0.25) is 0 Å². The van der Waals surface area contributed by atoms with Gasteiger partial charge in [-0.25, -0.2) is 0 Å². The van der Waals surface area contributed by atoms with Crippen molar-refractivity contribution in [3.63, 3.8) is 0 Å². The molecule has 3 heteroatoms. The summed E-state index contributed by atoms with van der Waals surface area (Å²) in [5.74, 6) is 1.02. The minimum absolute atomic E-state index is 0.328. The van der Waals surface area contributed by atoms with E-state index in [0.29, 0.717) is 6.04 Å². The molecule has 0 radical (unpaired) electrons. The highest BCUT2D eigenvalue weighted by atomic mass is 16.5. The van der Waals surface area contributed by atoms with Crippen LogP contribution in [0.4, 0.5) is 0 Å². The second-order valence-electron chi connectivity index (χ2n) is 5.33. The highest BCUT2D eigenvalue weighted by Gasteiger charge is 2.10. The first kappa shape index (κ1) is 16.0. The van der Waals surface area contributed by atoms with Gasteiger partial charge in [0, 0.05) is 18.2 Å². The van der Waals surface area contributed by atoms with Crippen molar-refractivity contribution in [1.82, 2.24) is 10.2 Å². The third-order valence-corrected chi connectivity index (χ3v) is 3.15. The molecule has 1 atom stereocenters. The number of aryl methyl sites for hydroxylation is 1. The van der Waals surface area contributed by atoms with Crippen LogP contribution in [0.5, 0.6) is 5.75 Å². The Hall–Kier alpha value is -1.06. The van der Waals surface area contributed by atoms with Crippen LogP contribution in [0.25, 0.3) is 0 Å². The molecular weight excluding hydrogens is 236 g/mol. The van der Waals surface area contributed by atoms with Crippen LogP contribution in [0.2, 0.25) is 0 Å². The lowest BCUT2D eigenvalue weighted by molar-refractivity contribution is 0.277. The summed E-state index contributed by atoms with van der Waals surface area (Å²) in [5, 5.41) is 3.44. The molecule has 0 aromatic heterocycles. The van der Waals surface area contributed by atoms with Gasteiger partial charge in [0.15, 0.2) is 0 Å². The molecule has 19 heavy (non-hydrogen) atoms. The highest BCUT2D eigenvalue weighted by molar-refractivity contribution is 5.39. The molecule has 0 spiro atoms. The summed E-state index contributed by atoms with van der Waals surface area (Å²) >= 11 is 0. The van der Waals surface area contributed by atoms with E-state index < -0.39 is 0 Å². The van der Waals surface area contributed by atoms with Crippen LogP contribution in [-0.4, -0.2) is 38.7 Å². The van der Waals surface area contributed by atoms with Crippen molar-refractivity contribution in [2.45, 2.75) is 33.2 Å². The zero-order valence-corrected chi connectivity index (χ0v) is 13.0. The summed E-state index contributed by atoms with van der Waals surface area (Å²) in [6.45, 7) is 9.21. The molecule has 0 saturated heterocycles. The maximum atomic E-state index is 5.97. The maximum absolute atomic E-state index is 5.97. The Morgan fingerprint density at radius 2 is 2.05 bits per heavy atom. The lowest BCUT2D eigenvalue weighted by atomic mass is 10.0. The molecule has 1 unspecified atom stereocenters. The topological polar surface area (TPSA) is 24.5 Å². The molecule has 0 aliphatic heterocycles. The number of hydrogen-bond donors (Lipinski definition) is 1. The Balaban J connectivity index is 2.66. The zero-order chi connectivity index (χ0) is 14.3. The van der Waals surface area contributed by atoms with Gasteiger partial charge in [-0.3, -0.25) is 0 Å². The maximum Gasteiger partial charge on any atom is 0.124 e. The van der Waals surface area contributed by atoms with Crippen LogP contribution in [0.3, 0.4) is 0 Å². The monoisotopic (exact) mass is 264 g/mol. The van der Waals surface area contributed by atoms with E-state index in [1.165, 1.54) is 11.1 Å². The predicted molar refractivity (Wildman–Crippen MR) is 81.9 cm³/mol. The molecular formula is C16H28N2O. The van der Waals surface area contributed by atoms with Crippen molar-refractivity contribution >= 4 is 0 Å². The average molecular weight is 264 g/mol. The molecule has 108 valence electrons. The fraction of sp³-hybridized carbons (Fsp3) is 0.625. The van der Waals surface area contributed by atoms with Crippen molar-refractivity contribution in [3.05, 3.63) is 29.3 Å². The first-order chi connectivity index (χ1) is 9.04. The van der Waals surface area contributed by atoms with Gasteiger partial charge < -0.3 is 15.0 Å². The summed E-state index contributed by atoms with van der Waals surface area (Å²) in [6, 6.07) is 6.79. The third-order valence-electron chi connectivity index (χ3n) is 3.15. The largest absolute Gasteiger partial charge is 0.493 e. The molecule has 1 aromatic rings. The van der Waals surface area contributed by atoms with E-state index in [1.54, 1.807) is 0 Å². The predicted octanol–water partition coefficient (Wildman–Crippen LogP) is 3.00. The lowest BCUT2D eigenvalue weighted by Gasteiger charge is -2.19. The van der Waals surface area contributed by atoms with Crippen LogP contribution >= 0.6 is 0 Å². The fourth-order valence-electron chi connectivity index (χ4n) is 2.10. The van der Waals surface area contributed by atoms with Crippen LogP contribution < -0.4 is 10.1 Å². The van der Waals surface area contributed by atoms with Crippen LogP contribution in [0.15, 0.2) is 18.2 Å². The van der Waals surface area contributed by atoms with Gasteiger partial charge >= 0.3 is 0 Å². The van der Waals surface area contributed by atoms with Crippen LogP contribution in [0, 0.1) is 6.92 Å². The third kappa shape index (κ3) is 5.62. The van der Waals surface area contributed by atoms with Gasteiger partial charge in [0.05, 0.1) is 6.61 Å². The van der Waals surface area contributed by atoms with Crippen molar-refractivity contribution in [2.24, 2.45) is 0 Å². The lowest BCUT2D eigenvalue weighted by Crippen LogP contribution is -2.19. The van der Waals surface area contributed by atoms with E-state index in [0.717, 1.165) is 31.9 Å². The van der Waals surface area contributed by atoms with Crippen molar-refractivity contribution in [1.29, 1.82) is 0 Å². The molecule has 0 heterocycles. The molecule has 0 aliphatic rings. The number of nitrogens with one attached hydrogen (secondary N) is 1. The van der Waals surface area contributed by atoms with E-state index in [2.05, 4.69) is 63.3 Å². The molecule has 0 bridgehead atoms. The number of ether oxygens (including phenoxy) is 1. The Morgan fingerprint density at radius 1 is 1.32 bits per heavy atom. The Labute approximate surface area is 118 Å². The molecule has 0 amide bonds. The molecule has 3 nitrogen and oxygen atoms in total. The van der Waals surface area contributed by atoms with E-state index in [9.17, 15) is 0 Å². The number of rotatable bonds is 8. The Kier molecular flexibility index (Phi) is 6.89. The molecule has 1 rings (SSSR count). The summed E-state index contributed by atoms with van der Waals surface area (Å²) in [4.78, 5) is 2.18. The summed E-state index contributed by atoms with van der Waals surface area (Å²) in [5.41, 5.74) is 2.49.